The van der Waals surface area contributed by atoms with Crippen LogP contribution < -0.4 is 16.0 Å². The van der Waals surface area contributed by atoms with Gasteiger partial charge in [-0.25, -0.2) is 0 Å². The molecule has 0 aliphatic heterocycles. The number of carbonyl (C=O) groups is 3. The molecule has 0 aromatic heterocycles. The van der Waals surface area contributed by atoms with Crippen molar-refractivity contribution < 1.29 is 14.4 Å². The van der Waals surface area contributed by atoms with Crippen LogP contribution in [0.4, 0.5) is 5.69 Å². The monoisotopic (exact) mass is 469 g/mol. The van der Waals surface area contributed by atoms with Gasteiger partial charge in [-0.15, -0.1) is 0 Å². The molecule has 0 heterocycles. The highest BCUT2D eigenvalue weighted by atomic mass is 35.5. The third-order valence-electron chi connectivity index (χ3n) is 4.56. The Labute approximate surface area is 195 Å². The molecular formula is C24H21Cl2N3O3. The molecule has 3 rings (SSSR count). The minimum atomic E-state index is -0.871. The SMILES string of the molecule is O=C(CNC(=O)C(Cc1ccccc1)NC(=O)c1ccc(Cl)cc1)Nc1ccc(Cl)cc1. The lowest BCUT2D eigenvalue weighted by molar-refractivity contribution is -0.125. The summed E-state index contributed by atoms with van der Waals surface area (Å²) in [5, 5.41) is 9.06. The molecule has 3 aromatic carbocycles. The maximum absolute atomic E-state index is 12.8. The number of halogens is 2. The summed E-state index contributed by atoms with van der Waals surface area (Å²) in [6.07, 6.45) is 0.269. The average Bonchev–Trinajstić information content (AvgIpc) is 2.79. The third-order valence-corrected chi connectivity index (χ3v) is 5.07. The molecule has 3 amide bonds. The summed E-state index contributed by atoms with van der Waals surface area (Å²) in [6.45, 7) is -0.246. The summed E-state index contributed by atoms with van der Waals surface area (Å²) in [5.74, 6) is -1.28. The van der Waals surface area contributed by atoms with Crippen molar-refractivity contribution in [2.24, 2.45) is 0 Å². The zero-order valence-corrected chi connectivity index (χ0v) is 18.5. The van der Waals surface area contributed by atoms with E-state index in [2.05, 4.69) is 16.0 Å². The Bertz CT molecular complexity index is 1070. The van der Waals surface area contributed by atoms with Crippen molar-refractivity contribution in [3.05, 3.63) is 100 Å². The maximum atomic E-state index is 12.8. The summed E-state index contributed by atoms with van der Waals surface area (Å²) in [7, 11) is 0. The molecule has 164 valence electrons. The molecule has 0 radical (unpaired) electrons. The molecule has 0 aliphatic rings. The van der Waals surface area contributed by atoms with Gasteiger partial charge in [-0.3, -0.25) is 14.4 Å². The van der Waals surface area contributed by atoms with Crippen molar-refractivity contribution in [1.29, 1.82) is 0 Å². The van der Waals surface area contributed by atoms with E-state index in [9.17, 15) is 14.4 Å². The lowest BCUT2D eigenvalue weighted by atomic mass is 10.0. The van der Waals surface area contributed by atoms with Crippen LogP contribution in [0.5, 0.6) is 0 Å². The van der Waals surface area contributed by atoms with E-state index in [4.69, 9.17) is 23.2 Å². The minimum Gasteiger partial charge on any atom is -0.345 e. The predicted molar refractivity (Wildman–Crippen MR) is 126 cm³/mol. The molecule has 0 saturated heterocycles. The predicted octanol–water partition coefficient (Wildman–Crippen LogP) is 4.09. The van der Waals surface area contributed by atoms with E-state index in [0.717, 1.165) is 5.56 Å². The van der Waals surface area contributed by atoms with Gasteiger partial charge in [0.2, 0.25) is 11.8 Å². The molecule has 6 nitrogen and oxygen atoms in total. The standard InChI is InChI=1S/C24H21Cl2N3O3/c25-18-8-6-17(7-9-18)23(31)29-21(14-16-4-2-1-3-5-16)24(32)27-15-22(30)28-20-12-10-19(26)11-13-20/h1-13,21H,14-15H2,(H,27,32)(H,28,30)(H,29,31). The van der Waals surface area contributed by atoms with Crippen LogP contribution in [-0.4, -0.2) is 30.3 Å². The molecule has 1 atom stereocenters. The maximum Gasteiger partial charge on any atom is 0.251 e. The van der Waals surface area contributed by atoms with Gasteiger partial charge in [-0.2, -0.15) is 0 Å². The van der Waals surface area contributed by atoms with Crippen molar-refractivity contribution in [3.63, 3.8) is 0 Å². The topological polar surface area (TPSA) is 87.3 Å². The van der Waals surface area contributed by atoms with Crippen LogP contribution in [0.2, 0.25) is 10.0 Å². The highest BCUT2D eigenvalue weighted by Crippen LogP contribution is 2.13. The average molecular weight is 470 g/mol. The van der Waals surface area contributed by atoms with E-state index < -0.39 is 23.8 Å². The van der Waals surface area contributed by atoms with Gasteiger partial charge in [0.05, 0.1) is 6.54 Å². The number of hydrogen-bond donors (Lipinski definition) is 3. The van der Waals surface area contributed by atoms with Crippen molar-refractivity contribution >= 4 is 46.6 Å². The van der Waals surface area contributed by atoms with E-state index >= 15 is 0 Å². The van der Waals surface area contributed by atoms with Crippen LogP contribution in [0.3, 0.4) is 0 Å². The van der Waals surface area contributed by atoms with E-state index in [0.29, 0.717) is 21.3 Å². The first-order chi connectivity index (χ1) is 15.4. The largest absolute Gasteiger partial charge is 0.345 e. The summed E-state index contributed by atoms with van der Waals surface area (Å²) < 4.78 is 0. The molecule has 8 heteroatoms. The van der Waals surface area contributed by atoms with Gasteiger partial charge in [0, 0.05) is 27.7 Å². The second-order valence-electron chi connectivity index (χ2n) is 7.00. The van der Waals surface area contributed by atoms with Crippen molar-refractivity contribution in [2.75, 3.05) is 11.9 Å². The molecule has 0 saturated carbocycles. The van der Waals surface area contributed by atoms with Gasteiger partial charge in [-0.1, -0.05) is 53.5 Å². The van der Waals surface area contributed by atoms with Crippen LogP contribution >= 0.6 is 23.2 Å². The van der Waals surface area contributed by atoms with E-state index in [1.165, 1.54) is 0 Å². The fourth-order valence-electron chi connectivity index (χ4n) is 2.93. The molecule has 32 heavy (non-hydrogen) atoms. The van der Waals surface area contributed by atoms with Gasteiger partial charge >= 0.3 is 0 Å². The van der Waals surface area contributed by atoms with Crippen LogP contribution in [-0.2, 0) is 16.0 Å². The first kappa shape index (κ1) is 23.3. The second-order valence-corrected chi connectivity index (χ2v) is 7.87. The molecule has 0 fully saturated rings. The smallest absolute Gasteiger partial charge is 0.251 e. The van der Waals surface area contributed by atoms with Crippen molar-refractivity contribution in [1.82, 2.24) is 10.6 Å². The molecule has 3 aromatic rings. The Balaban J connectivity index is 1.64. The van der Waals surface area contributed by atoms with Crippen molar-refractivity contribution in [2.45, 2.75) is 12.5 Å². The highest BCUT2D eigenvalue weighted by Gasteiger charge is 2.22. The van der Waals surface area contributed by atoms with Gasteiger partial charge in [0.25, 0.3) is 5.91 Å². The Kier molecular flexibility index (Phi) is 8.25. The number of hydrogen-bond acceptors (Lipinski definition) is 3. The lowest BCUT2D eigenvalue weighted by Gasteiger charge is -2.19. The molecular weight excluding hydrogens is 449 g/mol. The number of nitrogens with one attached hydrogen (secondary N) is 3. The molecule has 0 aliphatic carbocycles. The second kappa shape index (κ2) is 11.3. The number of rotatable bonds is 8. The molecule has 0 spiro atoms. The zero-order valence-electron chi connectivity index (χ0n) is 17.0. The highest BCUT2D eigenvalue weighted by molar-refractivity contribution is 6.31. The Morgan fingerprint density at radius 2 is 1.38 bits per heavy atom. The van der Waals surface area contributed by atoms with Crippen LogP contribution in [0.15, 0.2) is 78.9 Å². The molecule has 1 unspecified atom stereocenters. The van der Waals surface area contributed by atoms with Gasteiger partial charge < -0.3 is 16.0 Å². The van der Waals surface area contributed by atoms with Gasteiger partial charge in [0.15, 0.2) is 0 Å². The fourth-order valence-corrected chi connectivity index (χ4v) is 3.18. The zero-order chi connectivity index (χ0) is 22.9. The number of carbonyl (C=O) groups excluding carboxylic acids is 3. The summed E-state index contributed by atoms with van der Waals surface area (Å²) in [5.41, 5.74) is 1.81. The Morgan fingerprint density at radius 1 is 0.781 bits per heavy atom. The number of amides is 3. The third kappa shape index (κ3) is 7.11. The Hall–Kier alpha value is -3.35. The minimum absolute atomic E-state index is 0.246. The summed E-state index contributed by atoms with van der Waals surface area (Å²) in [4.78, 5) is 37.7. The van der Waals surface area contributed by atoms with Crippen molar-refractivity contribution in [3.8, 4) is 0 Å². The van der Waals surface area contributed by atoms with E-state index in [-0.39, 0.29) is 13.0 Å². The van der Waals surface area contributed by atoms with Crippen LogP contribution in [0.1, 0.15) is 15.9 Å². The summed E-state index contributed by atoms with van der Waals surface area (Å²) in [6, 6.07) is 21.4. The lowest BCUT2D eigenvalue weighted by Crippen LogP contribution is -2.49. The molecule has 3 N–H and O–H groups in total. The first-order valence-corrected chi connectivity index (χ1v) is 10.6. The first-order valence-electron chi connectivity index (χ1n) is 9.84. The fraction of sp³-hybridized carbons (Fsp3) is 0.125. The van der Waals surface area contributed by atoms with Crippen LogP contribution in [0.25, 0.3) is 0 Å². The number of anilines is 1. The van der Waals surface area contributed by atoms with Gasteiger partial charge in [-0.05, 0) is 54.1 Å². The quantitative estimate of drug-likeness (QED) is 0.464. The number of benzene rings is 3. The molecule has 0 bridgehead atoms. The van der Waals surface area contributed by atoms with E-state index in [1.54, 1.807) is 48.5 Å². The Morgan fingerprint density at radius 3 is 2.00 bits per heavy atom. The van der Waals surface area contributed by atoms with Crippen LogP contribution in [0, 0.1) is 0 Å². The van der Waals surface area contributed by atoms with Gasteiger partial charge in [0.1, 0.15) is 6.04 Å². The normalized spacial score (nSPS) is 11.3. The van der Waals surface area contributed by atoms with E-state index in [1.807, 2.05) is 30.3 Å². The summed E-state index contributed by atoms with van der Waals surface area (Å²) >= 11 is 11.7.